The monoisotopic (exact) mass is 471 g/mol. The molecule has 2 N–H and O–H groups in total. The number of rotatable bonds is 4. The lowest BCUT2D eigenvalue weighted by Gasteiger charge is -2.24. The Hall–Kier alpha value is -3.52. The lowest BCUT2D eigenvalue weighted by molar-refractivity contribution is 0.469. The summed E-state index contributed by atoms with van der Waals surface area (Å²) in [5, 5.41) is 7.27. The minimum Gasteiger partial charge on any atom is -0.324 e. The van der Waals surface area contributed by atoms with Crippen LogP contribution in [0.15, 0.2) is 47.4 Å². The summed E-state index contributed by atoms with van der Waals surface area (Å²) in [6.45, 7) is 14.4. The summed E-state index contributed by atoms with van der Waals surface area (Å²) in [7, 11) is 0. The minimum absolute atomic E-state index is 0.0797. The van der Waals surface area contributed by atoms with Crippen LogP contribution in [0.2, 0.25) is 0 Å². The van der Waals surface area contributed by atoms with Gasteiger partial charge < -0.3 is 10.6 Å². The molecular weight excluding hydrogens is 438 g/mol. The van der Waals surface area contributed by atoms with E-state index >= 15 is 0 Å². The number of hydrogen-bond acceptors (Lipinski definition) is 6. The summed E-state index contributed by atoms with van der Waals surface area (Å²) in [5.74, 6) is 1.55. The number of fused-ring (bicyclic) bond motifs is 2. The molecule has 1 aromatic carbocycles. The second kappa shape index (κ2) is 8.61. The third-order valence-corrected chi connectivity index (χ3v) is 6.53. The predicted molar refractivity (Wildman–Crippen MR) is 140 cm³/mol. The van der Waals surface area contributed by atoms with E-state index in [1.807, 2.05) is 42.8 Å². The first kappa shape index (κ1) is 23.2. The average molecular weight is 472 g/mol. The van der Waals surface area contributed by atoms with Crippen LogP contribution in [-0.2, 0) is 12.0 Å². The first-order valence-electron chi connectivity index (χ1n) is 12.2. The molecule has 1 aliphatic heterocycles. The van der Waals surface area contributed by atoms with E-state index in [0.717, 1.165) is 24.5 Å². The molecule has 1 aliphatic rings. The Morgan fingerprint density at radius 3 is 2.69 bits per heavy atom. The van der Waals surface area contributed by atoms with Gasteiger partial charge in [0.2, 0.25) is 5.95 Å². The van der Waals surface area contributed by atoms with Crippen LogP contribution in [0, 0.1) is 0 Å². The molecule has 0 amide bonds. The standard InChI is InChI=1S/C27H33N7O/c1-16(2)33-25(35)21-15-29-26(30-19-11-10-18-14-28-13-17(3)20(18)12-19)32-24(21)34(33)23-9-7-8-22(31-23)27(4,5)6/h7-12,15-17,28H,13-14H2,1-6H3,(H,29,30,32). The Kier molecular flexibility index (Phi) is 5.71. The molecule has 4 aromatic rings. The van der Waals surface area contributed by atoms with Gasteiger partial charge in [0.05, 0.1) is 0 Å². The van der Waals surface area contributed by atoms with Crippen molar-refractivity contribution in [3.05, 3.63) is 69.8 Å². The van der Waals surface area contributed by atoms with Crippen LogP contribution in [-0.4, -0.2) is 30.9 Å². The van der Waals surface area contributed by atoms with Crippen molar-refractivity contribution in [1.82, 2.24) is 29.6 Å². The van der Waals surface area contributed by atoms with Crippen LogP contribution < -0.4 is 16.2 Å². The maximum Gasteiger partial charge on any atom is 0.278 e. The van der Waals surface area contributed by atoms with Gasteiger partial charge in [-0.3, -0.25) is 4.79 Å². The van der Waals surface area contributed by atoms with Gasteiger partial charge in [0.25, 0.3) is 5.56 Å². The highest BCUT2D eigenvalue weighted by Gasteiger charge is 2.22. The normalized spacial score (nSPS) is 16.0. The number of nitrogens with zero attached hydrogens (tertiary/aromatic N) is 5. The molecule has 1 atom stereocenters. The van der Waals surface area contributed by atoms with Gasteiger partial charge in [0, 0.05) is 42.1 Å². The number of hydrogen-bond donors (Lipinski definition) is 2. The number of anilines is 2. The fraction of sp³-hybridized carbons (Fsp3) is 0.407. The predicted octanol–water partition coefficient (Wildman–Crippen LogP) is 4.81. The number of nitrogens with one attached hydrogen (secondary N) is 2. The molecule has 0 radical (unpaired) electrons. The molecular formula is C27H33N7O. The summed E-state index contributed by atoms with van der Waals surface area (Å²) >= 11 is 0. The van der Waals surface area contributed by atoms with Crippen molar-refractivity contribution in [3.8, 4) is 5.82 Å². The molecule has 35 heavy (non-hydrogen) atoms. The van der Waals surface area contributed by atoms with Crippen molar-refractivity contribution >= 4 is 22.7 Å². The summed E-state index contributed by atoms with van der Waals surface area (Å²) in [4.78, 5) is 27.5. The highest BCUT2D eigenvalue weighted by atomic mass is 16.1. The van der Waals surface area contributed by atoms with E-state index in [2.05, 4.69) is 55.4 Å². The molecule has 182 valence electrons. The van der Waals surface area contributed by atoms with Gasteiger partial charge in [0.1, 0.15) is 5.39 Å². The highest BCUT2D eigenvalue weighted by molar-refractivity contribution is 5.77. The van der Waals surface area contributed by atoms with E-state index in [9.17, 15) is 4.79 Å². The van der Waals surface area contributed by atoms with E-state index in [-0.39, 0.29) is 17.0 Å². The molecule has 3 aromatic heterocycles. The fourth-order valence-corrected chi connectivity index (χ4v) is 4.66. The Balaban J connectivity index is 1.63. The Labute approximate surface area is 205 Å². The van der Waals surface area contributed by atoms with Gasteiger partial charge in [-0.15, -0.1) is 0 Å². The molecule has 4 heterocycles. The molecule has 8 nitrogen and oxygen atoms in total. The van der Waals surface area contributed by atoms with E-state index in [1.54, 1.807) is 10.9 Å². The zero-order valence-electron chi connectivity index (χ0n) is 21.3. The molecule has 0 fully saturated rings. The Morgan fingerprint density at radius 1 is 1.14 bits per heavy atom. The minimum atomic E-state index is -0.125. The largest absolute Gasteiger partial charge is 0.324 e. The van der Waals surface area contributed by atoms with Crippen molar-refractivity contribution < 1.29 is 0 Å². The molecule has 5 rings (SSSR count). The lowest BCUT2D eigenvalue weighted by atomic mass is 9.92. The summed E-state index contributed by atoms with van der Waals surface area (Å²) < 4.78 is 3.52. The smallest absolute Gasteiger partial charge is 0.278 e. The molecule has 0 saturated carbocycles. The van der Waals surface area contributed by atoms with Crippen LogP contribution >= 0.6 is 0 Å². The molecule has 0 saturated heterocycles. The van der Waals surface area contributed by atoms with Crippen LogP contribution in [0.5, 0.6) is 0 Å². The average Bonchev–Trinajstić information content (AvgIpc) is 3.11. The van der Waals surface area contributed by atoms with Gasteiger partial charge >= 0.3 is 0 Å². The van der Waals surface area contributed by atoms with Gasteiger partial charge in [0.15, 0.2) is 11.5 Å². The van der Waals surface area contributed by atoms with Crippen LogP contribution in [0.3, 0.4) is 0 Å². The van der Waals surface area contributed by atoms with Crippen LogP contribution in [0.4, 0.5) is 11.6 Å². The third kappa shape index (κ3) is 4.23. The van der Waals surface area contributed by atoms with Crippen molar-refractivity contribution in [1.29, 1.82) is 0 Å². The summed E-state index contributed by atoms with van der Waals surface area (Å²) in [6, 6.07) is 12.2. The maximum atomic E-state index is 13.3. The van der Waals surface area contributed by atoms with Gasteiger partial charge in [-0.05, 0) is 55.2 Å². The molecule has 0 aliphatic carbocycles. The van der Waals surface area contributed by atoms with Crippen LogP contribution in [0.25, 0.3) is 16.9 Å². The lowest BCUT2D eigenvalue weighted by Crippen LogP contribution is -2.26. The highest BCUT2D eigenvalue weighted by Crippen LogP contribution is 2.28. The number of benzene rings is 1. The second-order valence-corrected chi connectivity index (χ2v) is 10.7. The Bertz CT molecular complexity index is 1460. The molecule has 1 unspecified atom stereocenters. The van der Waals surface area contributed by atoms with Crippen molar-refractivity contribution in [3.63, 3.8) is 0 Å². The maximum absolute atomic E-state index is 13.3. The van der Waals surface area contributed by atoms with E-state index < -0.39 is 0 Å². The van der Waals surface area contributed by atoms with Crippen molar-refractivity contribution in [2.45, 2.75) is 65.5 Å². The van der Waals surface area contributed by atoms with E-state index in [1.165, 1.54) is 11.1 Å². The summed E-state index contributed by atoms with van der Waals surface area (Å²) in [5.41, 5.74) is 4.82. The first-order valence-corrected chi connectivity index (χ1v) is 12.2. The molecule has 0 bridgehead atoms. The topological polar surface area (TPSA) is 89.7 Å². The number of pyridine rings is 1. The van der Waals surface area contributed by atoms with Gasteiger partial charge in [-0.2, -0.15) is 4.98 Å². The molecule has 8 heteroatoms. The van der Waals surface area contributed by atoms with Gasteiger partial charge in [-0.1, -0.05) is 39.8 Å². The Morgan fingerprint density at radius 2 is 1.94 bits per heavy atom. The SMILES string of the molecule is CC1CNCc2ccc(Nc3ncc4c(=O)n(C(C)C)n(-c5cccc(C(C)(C)C)n5)c4n3)cc21. The zero-order chi connectivity index (χ0) is 24.9. The quantitative estimate of drug-likeness (QED) is 0.444. The molecule has 0 spiro atoms. The van der Waals surface area contributed by atoms with E-state index in [0.29, 0.717) is 28.7 Å². The van der Waals surface area contributed by atoms with Gasteiger partial charge in [-0.25, -0.2) is 19.3 Å². The number of aromatic nitrogens is 5. The fourth-order valence-electron chi connectivity index (χ4n) is 4.66. The first-order chi connectivity index (χ1) is 16.6. The van der Waals surface area contributed by atoms with Crippen molar-refractivity contribution in [2.24, 2.45) is 0 Å². The summed E-state index contributed by atoms with van der Waals surface area (Å²) in [6.07, 6.45) is 1.61. The van der Waals surface area contributed by atoms with Crippen molar-refractivity contribution in [2.75, 3.05) is 11.9 Å². The second-order valence-electron chi connectivity index (χ2n) is 10.7. The third-order valence-electron chi connectivity index (χ3n) is 6.53. The van der Waals surface area contributed by atoms with E-state index in [4.69, 9.17) is 9.97 Å². The zero-order valence-corrected chi connectivity index (χ0v) is 21.3. The van der Waals surface area contributed by atoms with Crippen LogP contribution in [0.1, 0.15) is 70.3 Å².